The summed E-state index contributed by atoms with van der Waals surface area (Å²) < 4.78 is 0. The van der Waals surface area contributed by atoms with Gasteiger partial charge in [-0.3, -0.25) is 10.3 Å². The highest BCUT2D eigenvalue weighted by atomic mass is 16.2. The number of anilines is 1. The van der Waals surface area contributed by atoms with Gasteiger partial charge in [0.1, 0.15) is 0 Å². The highest BCUT2D eigenvalue weighted by molar-refractivity contribution is 5.90. The molecule has 1 aromatic carbocycles. The summed E-state index contributed by atoms with van der Waals surface area (Å²) in [4.78, 5) is 12.7. The van der Waals surface area contributed by atoms with Gasteiger partial charge in [-0.1, -0.05) is 25.5 Å². The van der Waals surface area contributed by atoms with Crippen LogP contribution in [0, 0.1) is 0 Å². The van der Waals surface area contributed by atoms with Crippen LogP contribution < -0.4 is 16.2 Å². The molecule has 0 fully saturated rings. The van der Waals surface area contributed by atoms with E-state index in [1.807, 2.05) is 24.3 Å². The Bertz CT molecular complexity index is 321. The van der Waals surface area contributed by atoms with Crippen molar-refractivity contribution >= 4 is 11.7 Å². The molecular formula is C11H17N3O. The minimum atomic E-state index is -0.321. The van der Waals surface area contributed by atoms with Crippen LogP contribution in [0.3, 0.4) is 0 Å². The summed E-state index contributed by atoms with van der Waals surface area (Å²) in [7, 11) is 1.68. The van der Waals surface area contributed by atoms with Gasteiger partial charge in [0.25, 0.3) is 0 Å². The van der Waals surface area contributed by atoms with Crippen molar-refractivity contribution in [2.45, 2.75) is 19.8 Å². The van der Waals surface area contributed by atoms with Gasteiger partial charge in [-0.25, -0.2) is 10.6 Å². The fourth-order valence-electron chi connectivity index (χ4n) is 1.39. The molecule has 4 heteroatoms. The molecular weight excluding hydrogens is 190 g/mol. The molecule has 4 nitrogen and oxygen atoms in total. The molecule has 0 bridgehead atoms. The molecule has 0 aliphatic heterocycles. The van der Waals surface area contributed by atoms with Crippen molar-refractivity contribution in [2.75, 3.05) is 11.9 Å². The first-order valence-corrected chi connectivity index (χ1v) is 5.02. The van der Waals surface area contributed by atoms with E-state index in [1.54, 1.807) is 7.05 Å². The van der Waals surface area contributed by atoms with Crippen LogP contribution in [0.15, 0.2) is 24.3 Å². The number of amides is 2. The second-order valence-corrected chi connectivity index (χ2v) is 3.42. The maximum atomic E-state index is 11.2. The van der Waals surface area contributed by atoms with E-state index in [0.29, 0.717) is 0 Å². The number of hydrogen-bond donors (Lipinski definition) is 2. The van der Waals surface area contributed by atoms with Crippen molar-refractivity contribution in [2.24, 2.45) is 5.84 Å². The lowest BCUT2D eigenvalue weighted by Gasteiger charge is -2.16. The van der Waals surface area contributed by atoms with E-state index >= 15 is 0 Å². The van der Waals surface area contributed by atoms with E-state index in [2.05, 4.69) is 12.3 Å². The van der Waals surface area contributed by atoms with E-state index in [4.69, 9.17) is 5.84 Å². The number of nitrogens with zero attached hydrogens (tertiary/aromatic N) is 1. The summed E-state index contributed by atoms with van der Waals surface area (Å²) in [5.41, 5.74) is 4.20. The number of carbonyl (C=O) groups excluding carboxylic acids is 1. The lowest BCUT2D eigenvalue weighted by molar-refractivity contribution is 0.247. The van der Waals surface area contributed by atoms with Gasteiger partial charge < -0.3 is 0 Å². The average molecular weight is 207 g/mol. The topological polar surface area (TPSA) is 58.4 Å². The Morgan fingerprint density at radius 1 is 1.40 bits per heavy atom. The van der Waals surface area contributed by atoms with Crippen molar-refractivity contribution in [3.63, 3.8) is 0 Å². The molecule has 0 aromatic heterocycles. The molecule has 0 unspecified atom stereocenters. The molecule has 0 spiro atoms. The summed E-state index contributed by atoms with van der Waals surface area (Å²) in [6.45, 7) is 2.14. The number of nitrogens with one attached hydrogen (secondary N) is 1. The van der Waals surface area contributed by atoms with Gasteiger partial charge in [0.05, 0.1) is 0 Å². The molecule has 0 saturated carbocycles. The van der Waals surface area contributed by atoms with Crippen LogP contribution in [0.2, 0.25) is 0 Å². The maximum absolute atomic E-state index is 11.2. The summed E-state index contributed by atoms with van der Waals surface area (Å²) in [6.07, 6.45) is 2.19. The zero-order chi connectivity index (χ0) is 11.3. The van der Waals surface area contributed by atoms with Gasteiger partial charge in [-0.05, 0) is 24.1 Å². The number of carbonyl (C=O) groups is 1. The van der Waals surface area contributed by atoms with Crippen LogP contribution in [0.4, 0.5) is 10.5 Å². The molecule has 1 rings (SSSR count). The van der Waals surface area contributed by atoms with Crippen LogP contribution in [-0.4, -0.2) is 13.1 Å². The van der Waals surface area contributed by atoms with Crippen molar-refractivity contribution in [3.05, 3.63) is 29.8 Å². The van der Waals surface area contributed by atoms with Gasteiger partial charge in [0, 0.05) is 12.7 Å². The first kappa shape index (κ1) is 11.5. The summed E-state index contributed by atoms with van der Waals surface area (Å²) in [5, 5.41) is 0. The fourth-order valence-corrected chi connectivity index (χ4v) is 1.39. The Hall–Kier alpha value is -1.55. The number of urea groups is 1. The molecule has 0 saturated heterocycles. The van der Waals surface area contributed by atoms with E-state index < -0.39 is 0 Å². The van der Waals surface area contributed by atoms with Crippen LogP contribution in [0.5, 0.6) is 0 Å². The van der Waals surface area contributed by atoms with Gasteiger partial charge in [0.2, 0.25) is 0 Å². The highest BCUT2D eigenvalue weighted by Gasteiger charge is 2.07. The third-order valence-electron chi connectivity index (χ3n) is 2.29. The van der Waals surface area contributed by atoms with Crippen molar-refractivity contribution in [1.29, 1.82) is 0 Å². The Labute approximate surface area is 90.0 Å². The zero-order valence-electron chi connectivity index (χ0n) is 9.16. The molecule has 0 aliphatic rings. The van der Waals surface area contributed by atoms with Crippen molar-refractivity contribution in [3.8, 4) is 0 Å². The van der Waals surface area contributed by atoms with E-state index in [0.717, 1.165) is 18.5 Å². The first-order valence-electron chi connectivity index (χ1n) is 5.02. The van der Waals surface area contributed by atoms with E-state index in [1.165, 1.54) is 10.5 Å². The Balaban J connectivity index is 2.75. The van der Waals surface area contributed by atoms with Crippen LogP contribution in [-0.2, 0) is 6.42 Å². The number of hydrogen-bond acceptors (Lipinski definition) is 2. The summed E-state index contributed by atoms with van der Waals surface area (Å²) >= 11 is 0. The van der Waals surface area contributed by atoms with Gasteiger partial charge >= 0.3 is 6.03 Å². The normalized spacial score (nSPS) is 9.80. The lowest BCUT2D eigenvalue weighted by atomic mass is 10.1. The van der Waals surface area contributed by atoms with Crippen LogP contribution >= 0.6 is 0 Å². The van der Waals surface area contributed by atoms with E-state index in [9.17, 15) is 4.79 Å². The van der Waals surface area contributed by atoms with Crippen LogP contribution in [0.25, 0.3) is 0 Å². The zero-order valence-corrected chi connectivity index (χ0v) is 9.16. The minimum absolute atomic E-state index is 0.321. The number of nitrogens with two attached hydrogens (primary N) is 1. The van der Waals surface area contributed by atoms with Gasteiger partial charge in [0.15, 0.2) is 0 Å². The molecule has 3 N–H and O–H groups in total. The Morgan fingerprint density at radius 3 is 2.47 bits per heavy atom. The molecule has 2 amide bonds. The number of rotatable bonds is 3. The molecule has 0 heterocycles. The number of aryl methyl sites for hydroxylation is 1. The predicted molar refractivity (Wildman–Crippen MR) is 61.6 cm³/mol. The quantitative estimate of drug-likeness (QED) is 0.450. The Morgan fingerprint density at radius 2 is 2.00 bits per heavy atom. The van der Waals surface area contributed by atoms with Crippen molar-refractivity contribution in [1.82, 2.24) is 5.43 Å². The maximum Gasteiger partial charge on any atom is 0.335 e. The van der Waals surface area contributed by atoms with Crippen LogP contribution in [0.1, 0.15) is 18.9 Å². The second-order valence-electron chi connectivity index (χ2n) is 3.42. The molecule has 82 valence electrons. The molecule has 0 aliphatic carbocycles. The third-order valence-corrected chi connectivity index (χ3v) is 2.29. The molecule has 15 heavy (non-hydrogen) atoms. The minimum Gasteiger partial charge on any atom is -0.296 e. The fraction of sp³-hybridized carbons (Fsp3) is 0.364. The number of hydrazine groups is 1. The van der Waals surface area contributed by atoms with Crippen molar-refractivity contribution < 1.29 is 4.79 Å². The smallest absolute Gasteiger partial charge is 0.296 e. The van der Waals surface area contributed by atoms with Gasteiger partial charge in [-0.2, -0.15) is 0 Å². The predicted octanol–water partition coefficient (Wildman–Crippen LogP) is 1.66. The highest BCUT2D eigenvalue weighted by Crippen LogP contribution is 2.14. The average Bonchev–Trinajstić information content (AvgIpc) is 2.28. The summed E-state index contributed by atoms with van der Waals surface area (Å²) in [6, 6.07) is 7.57. The molecule has 1 aromatic rings. The largest absolute Gasteiger partial charge is 0.335 e. The lowest BCUT2D eigenvalue weighted by Crippen LogP contribution is -2.41. The van der Waals surface area contributed by atoms with Gasteiger partial charge in [-0.15, -0.1) is 0 Å². The third kappa shape index (κ3) is 2.95. The molecule has 0 radical (unpaired) electrons. The first-order chi connectivity index (χ1) is 7.19. The monoisotopic (exact) mass is 207 g/mol. The molecule has 0 atom stereocenters. The van der Waals surface area contributed by atoms with E-state index in [-0.39, 0.29) is 6.03 Å². The second kappa shape index (κ2) is 5.36. The standard InChI is InChI=1S/C11H17N3O/c1-3-4-9-5-7-10(8-6-9)14(2)11(15)13-12/h5-8H,3-4,12H2,1-2H3,(H,13,15). The Kier molecular flexibility index (Phi) is 4.12. The summed E-state index contributed by atoms with van der Waals surface area (Å²) in [5.74, 6) is 5.05. The SMILES string of the molecule is CCCc1ccc(N(C)C(=O)NN)cc1. The number of benzene rings is 1.